The predicted molar refractivity (Wildman–Crippen MR) is 68.7 cm³/mol. The Morgan fingerprint density at radius 3 is 2.71 bits per heavy atom. The van der Waals surface area contributed by atoms with E-state index in [1.807, 2.05) is 12.1 Å². The van der Waals surface area contributed by atoms with Gasteiger partial charge in [0.2, 0.25) is 5.91 Å². The molecule has 0 atom stereocenters. The maximum Gasteiger partial charge on any atom is 0.220 e. The van der Waals surface area contributed by atoms with Crippen molar-refractivity contribution in [3.63, 3.8) is 0 Å². The molecule has 2 N–H and O–H groups in total. The van der Waals surface area contributed by atoms with Crippen molar-refractivity contribution in [2.24, 2.45) is 0 Å². The molecule has 1 aromatic rings. The highest BCUT2D eigenvalue weighted by Crippen LogP contribution is 2.14. The lowest BCUT2D eigenvalue weighted by Gasteiger charge is -2.06. The standard InChI is InChI=1S/C14H21NO2/c1-2-3-4-5-10-14(17)15-11-12-8-6-7-9-13(12)16/h6-9,16H,2-5,10-11H2,1H3,(H,15,17). The minimum absolute atomic E-state index is 0.0596. The molecular formula is C14H21NO2. The smallest absolute Gasteiger partial charge is 0.220 e. The van der Waals surface area contributed by atoms with Crippen LogP contribution in [0.25, 0.3) is 0 Å². The van der Waals surface area contributed by atoms with Gasteiger partial charge >= 0.3 is 0 Å². The highest BCUT2D eigenvalue weighted by Gasteiger charge is 2.03. The van der Waals surface area contributed by atoms with Crippen LogP contribution in [0.2, 0.25) is 0 Å². The third-order valence-corrected chi connectivity index (χ3v) is 2.73. The first-order chi connectivity index (χ1) is 8.24. The Balaban J connectivity index is 2.22. The van der Waals surface area contributed by atoms with Crippen LogP contribution in [0.15, 0.2) is 24.3 Å². The first kappa shape index (κ1) is 13.6. The summed E-state index contributed by atoms with van der Waals surface area (Å²) in [5.41, 5.74) is 0.759. The van der Waals surface area contributed by atoms with Crippen molar-refractivity contribution in [2.75, 3.05) is 0 Å². The molecule has 0 radical (unpaired) electrons. The molecule has 3 nitrogen and oxygen atoms in total. The maximum absolute atomic E-state index is 11.5. The number of carbonyl (C=O) groups excluding carboxylic acids is 1. The van der Waals surface area contributed by atoms with Crippen LogP contribution in [-0.4, -0.2) is 11.0 Å². The van der Waals surface area contributed by atoms with E-state index >= 15 is 0 Å². The molecule has 0 spiro atoms. The van der Waals surface area contributed by atoms with Gasteiger partial charge < -0.3 is 10.4 Å². The first-order valence-corrected chi connectivity index (χ1v) is 6.27. The van der Waals surface area contributed by atoms with Crippen LogP contribution in [-0.2, 0) is 11.3 Å². The lowest BCUT2D eigenvalue weighted by molar-refractivity contribution is -0.121. The van der Waals surface area contributed by atoms with Crippen molar-refractivity contribution in [3.05, 3.63) is 29.8 Å². The number of rotatable bonds is 7. The second kappa shape index (κ2) is 7.71. The van der Waals surface area contributed by atoms with Gasteiger partial charge in [-0.05, 0) is 12.5 Å². The SMILES string of the molecule is CCCCCCC(=O)NCc1ccccc1O. The molecule has 17 heavy (non-hydrogen) atoms. The van der Waals surface area contributed by atoms with Gasteiger partial charge in [-0.15, -0.1) is 0 Å². The molecule has 94 valence electrons. The van der Waals surface area contributed by atoms with Crippen molar-refractivity contribution < 1.29 is 9.90 Å². The number of phenolic OH excluding ortho intramolecular Hbond substituents is 1. The van der Waals surface area contributed by atoms with E-state index in [-0.39, 0.29) is 11.7 Å². The number of hydrogen-bond donors (Lipinski definition) is 2. The van der Waals surface area contributed by atoms with Gasteiger partial charge in [0.25, 0.3) is 0 Å². The van der Waals surface area contributed by atoms with E-state index in [2.05, 4.69) is 12.2 Å². The van der Waals surface area contributed by atoms with Crippen LogP contribution < -0.4 is 5.32 Å². The molecule has 0 aromatic heterocycles. The van der Waals surface area contributed by atoms with Gasteiger partial charge in [-0.2, -0.15) is 0 Å². The highest BCUT2D eigenvalue weighted by atomic mass is 16.3. The van der Waals surface area contributed by atoms with Crippen LogP contribution in [0.3, 0.4) is 0 Å². The van der Waals surface area contributed by atoms with Gasteiger partial charge in [-0.1, -0.05) is 44.4 Å². The molecule has 0 aliphatic rings. The molecule has 0 saturated heterocycles. The van der Waals surface area contributed by atoms with Crippen LogP contribution in [0.5, 0.6) is 5.75 Å². The number of benzene rings is 1. The van der Waals surface area contributed by atoms with E-state index in [9.17, 15) is 9.90 Å². The van der Waals surface area contributed by atoms with E-state index in [4.69, 9.17) is 0 Å². The Hall–Kier alpha value is -1.51. The summed E-state index contributed by atoms with van der Waals surface area (Å²) in [5, 5.41) is 12.3. The summed E-state index contributed by atoms with van der Waals surface area (Å²) in [4.78, 5) is 11.5. The summed E-state index contributed by atoms with van der Waals surface area (Å²) in [6.45, 7) is 2.55. The molecule has 3 heteroatoms. The van der Waals surface area contributed by atoms with Crippen LogP contribution in [0.1, 0.15) is 44.6 Å². The zero-order chi connectivity index (χ0) is 12.5. The molecule has 0 fully saturated rings. The second-order valence-electron chi connectivity index (χ2n) is 4.22. The molecule has 0 unspecified atom stereocenters. The number of carbonyl (C=O) groups is 1. The number of nitrogens with one attached hydrogen (secondary N) is 1. The molecule has 1 rings (SSSR count). The number of phenols is 1. The number of hydrogen-bond acceptors (Lipinski definition) is 2. The zero-order valence-electron chi connectivity index (χ0n) is 10.4. The van der Waals surface area contributed by atoms with E-state index < -0.39 is 0 Å². The topological polar surface area (TPSA) is 49.3 Å². The molecule has 0 heterocycles. The molecule has 1 aromatic carbocycles. The van der Waals surface area contributed by atoms with Crippen molar-refractivity contribution >= 4 is 5.91 Å². The van der Waals surface area contributed by atoms with Gasteiger partial charge in [-0.25, -0.2) is 0 Å². The Kier molecular flexibility index (Phi) is 6.15. The molecule has 0 aliphatic carbocycles. The van der Waals surface area contributed by atoms with E-state index in [0.717, 1.165) is 18.4 Å². The Bertz CT molecular complexity index is 350. The summed E-state index contributed by atoms with van der Waals surface area (Å²) in [7, 11) is 0. The fourth-order valence-electron chi connectivity index (χ4n) is 1.65. The van der Waals surface area contributed by atoms with Crippen LogP contribution in [0, 0.1) is 0 Å². The number of unbranched alkanes of at least 4 members (excludes halogenated alkanes) is 3. The monoisotopic (exact) mass is 235 g/mol. The number of amides is 1. The van der Waals surface area contributed by atoms with Crippen molar-refractivity contribution in [2.45, 2.75) is 45.6 Å². The van der Waals surface area contributed by atoms with Gasteiger partial charge in [0.15, 0.2) is 0 Å². The summed E-state index contributed by atoms with van der Waals surface area (Å²) in [5.74, 6) is 0.295. The van der Waals surface area contributed by atoms with Crippen molar-refractivity contribution in [1.29, 1.82) is 0 Å². The average molecular weight is 235 g/mol. The normalized spacial score (nSPS) is 10.2. The van der Waals surface area contributed by atoms with Gasteiger partial charge in [0.05, 0.1) is 0 Å². The summed E-state index contributed by atoms with van der Waals surface area (Å²) < 4.78 is 0. The Labute approximate surface area is 103 Å². The third kappa shape index (κ3) is 5.38. The lowest BCUT2D eigenvalue weighted by Crippen LogP contribution is -2.22. The van der Waals surface area contributed by atoms with Gasteiger partial charge in [0, 0.05) is 18.5 Å². The molecular weight excluding hydrogens is 214 g/mol. The third-order valence-electron chi connectivity index (χ3n) is 2.73. The largest absolute Gasteiger partial charge is 0.508 e. The first-order valence-electron chi connectivity index (χ1n) is 6.27. The molecule has 0 bridgehead atoms. The van der Waals surface area contributed by atoms with Crippen molar-refractivity contribution in [3.8, 4) is 5.75 Å². The number of para-hydroxylation sites is 1. The van der Waals surface area contributed by atoms with Gasteiger partial charge in [-0.3, -0.25) is 4.79 Å². The minimum Gasteiger partial charge on any atom is -0.508 e. The fraction of sp³-hybridized carbons (Fsp3) is 0.500. The van der Waals surface area contributed by atoms with E-state index in [1.165, 1.54) is 12.8 Å². The van der Waals surface area contributed by atoms with Gasteiger partial charge in [0.1, 0.15) is 5.75 Å². The quantitative estimate of drug-likeness (QED) is 0.714. The molecule has 1 amide bonds. The van der Waals surface area contributed by atoms with Crippen molar-refractivity contribution in [1.82, 2.24) is 5.32 Å². The lowest BCUT2D eigenvalue weighted by atomic mass is 10.1. The molecule has 0 aliphatic heterocycles. The minimum atomic E-state index is 0.0596. The molecule has 0 saturated carbocycles. The van der Waals surface area contributed by atoms with Crippen LogP contribution >= 0.6 is 0 Å². The average Bonchev–Trinajstić information content (AvgIpc) is 2.34. The highest BCUT2D eigenvalue weighted by molar-refractivity contribution is 5.75. The zero-order valence-corrected chi connectivity index (χ0v) is 10.4. The van der Waals surface area contributed by atoms with E-state index in [0.29, 0.717) is 13.0 Å². The second-order valence-corrected chi connectivity index (χ2v) is 4.22. The van der Waals surface area contributed by atoms with Crippen LogP contribution in [0.4, 0.5) is 0 Å². The summed E-state index contributed by atoms with van der Waals surface area (Å²) in [6.07, 6.45) is 5.00. The fourth-order valence-corrected chi connectivity index (χ4v) is 1.65. The predicted octanol–water partition coefficient (Wildman–Crippen LogP) is 2.98. The summed E-state index contributed by atoms with van der Waals surface area (Å²) >= 11 is 0. The van der Waals surface area contributed by atoms with E-state index in [1.54, 1.807) is 12.1 Å². The number of aromatic hydroxyl groups is 1. The maximum atomic E-state index is 11.5. The Morgan fingerprint density at radius 2 is 2.00 bits per heavy atom. The summed E-state index contributed by atoms with van der Waals surface area (Å²) in [6, 6.07) is 7.06. The Morgan fingerprint density at radius 1 is 1.24 bits per heavy atom.